The van der Waals surface area contributed by atoms with E-state index in [4.69, 9.17) is 4.98 Å². The molecule has 4 saturated heterocycles. The van der Waals surface area contributed by atoms with Crippen LogP contribution in [0.4, 0.5) is 27.3 Å². The number of anilines is 4. The number of carbonyl (C=O) groups is 4. The van der Waals surface area contributed by atoms with Gasteiger partial charge in [0.25, 0.3) is 11.8 Å². The van der Waals surface area contributed by atoms with Crippen LogP contribution in [-0.4, -0.2) is 143 Å². The number of fused-ring (bicyclic) bond motifs is 3. The third-order valence-electron chi connectivity index (χ3n) is 15.3. The van der Waals surface area contributed by atoms with Gasteiger partial charge >= 0.3 is 0 Å². The van der Waals surface area contributed by atoms with Crippen molar-refractivity contribution in [3.05, 3.63) is 101 Å². The molecule has 3 N–H and O–H groups in total. The smallest absolute Gasteiger partial charge is 0.255 e. The fourth-order valence-corrected chi connectivity index (χ4v) is 11.6. The normalized spacial score (nSPS) is 20.8. The Morgan fingerprint density at radius 2 is 1.54 bits per heavy atom. The van der Waals surface area contributed by atoms with Crippen LogP contribution in [0.1, 0.15) is 76.1 Å². The summed E-state index contributed by atoms with van der Waals surface area (Å²) in [4.78, 5) is 74.2. The summed E-state index contributed by atoms with van der Waals surface area (Å²) in [6.45, 7) is 12.0. The number of piperidine rings is 3. The van der Waals surface area contributed by atoms with Crippen molar-refractivity contribution in [2.75, 3.05) is 94.7 Å². The van der Waals surface area contributed by atoms with E-state index in [1.165, 1.54) is 30.7 Å². The van der Waals surface area contributed by atoms with Crippen molar-refractivity contribution in [3.63, 3.8) is 0 Å². The van der Waals surface area contributed by atoms with Gasteiger partial charge in [-0.2, -0.15) is 0 Å². The number of nitrogens with zero attached hydrogens (tertiary/aromatic N) is 9. The third-order valence-corrected chi connectivity index (χ3v) is 15.3. The lowest BCUT2D eigenvalue weighted by Gasteiger charge is -2.41. The fraction of sp³-hybridized carbons (Fsp3) is 0.462. The molecule has 69 heavy (non-hydrogen) atoms. The van der Waals surface area contributed by atoms with Gasteiger partial charge in [-0.05, 0) is 125 Å². The number of carbonyl (C=O) groups excluding carboxylic acids is 4. The van der Waals surface area contributed by atoms with Gasteiger partial charge in [0.2, 0.25) is 11.8 Å². The van der Waals surface area contributed by atoms with Gasteiger partial charge in [0.05, 0.1) is 34.5 Å². The van der Waals surface area contributed by atoms with Crippen molar-refractivity contribution in [2.45, 2.75) is 64.2 Å². The van der Waals surface area contributed by atoms with Gasteiger partial charge < -0.3 is 35.1 Å². The van der Waals surface area contributed by atoms with Gasteiger partial charge in [-0.1, -0.05) is 6.07 Å². The molecule has 11 rings (SSSR count). The summed E-state index contributed by atoms with van der Waals surface area (Å²) in [6, 6.07) is 16.4. The molecule has 0 aliphatic carbocycles. The van der Waals surface area contributed by atoms with E-state index in [0.717, 1.165) is 112 Å². The van der Waals surface area contributed by atoms with Crippen LogP contribution in [0.2, 0.25) is 0 Å². The zero-order chi connectivity index (χ0) is 47.3. The molecule has 0 spiro atoms. The first-order valence-electron chi connectivity index (χ1n) is 24.7. The van der Waals surface area contributed by atoms with Gasteiger partial charge in [0, 0.05) is 107 Å². The molecule has 1 atom stereocenters. The van der Waals surface area contributed by atoms with Gasteiger partial charge in [-0.25, -0.2) is 14.4 Å². The number of hydrogen-bond acceptors (Lipinski definition) is 12. The summed E-state index contributed by atoms with van der Waals surface area (Å²) in [5, 5.41) is 8.87. The molecule has 16 nitrogen and oxygen atoms in total. The second kappa shape index (κ2) is 18.8. The fourth-order valence-electron chi connectivity index (χ4n) is 11.6. The second-order valence-corrected chi connectivity index (χ2v) is 20.1. The highest BCUT2D eigenvalue weighted by Gasteiger charge is 2.39. The van der Waals surface area contributed by atoms with Crippen molar-refractivity contribution >= 4 is 52.2 Å². The molecule has 0 radical (unpaired) electrons. The molecule has 0 saturated carbocycles. The lowest BCUT2D eigenvalue weighted by molar-refractivity contribution is -0.136. The third kappa shape index (κ3) is 9.14. The number of rotatable bonds is 12. The lowest BCUT2D eigenvalue weighted by Crippen LogP contribution is -2.52. The van der Waals surface area contributed by atoms with Gasteiger partial charge in [0.1, 0.15) is 23.3 Å². The number of piperazine rings is 1. The molecule has 0 bridgehead atoms. The van der Waals surface area contributed by atoms with Crippen molar-refractivity contribution in [2.24, 2.45) is 11.8 Å². The van der Waals surface area contributed by atoms with Gasteiger partial charge in [-0.3, -0.25) is 33.8 Å². The van der Waals surface area contributed by atoms with Gasteiger partial charge in [-0.15, -0.1) is 0 Å². The van der Waals surface area contributed by atoms with Crippen LogP contribution in [0.5, 0.6) is 0 Å². The number of nitrogens with one attached hydrogen (secondary N) is 3. The van der Waals surface area contributed by atoms with E-state index in [9.17, 15) is 23.6 Å². The molecule has 5 aromatic rings. The highest BCUT2D eigenvalue weighted by Crippen LogP contribution is 2.37. The molecular weight excluding hydrogens is 876 g/mol. The van der Waals surface area contributed by atoms with E-state index >= 15 is 0 Å². The Morgan fingerprint density at radius 3 is 2.29 bits per heavy atom. The molecule has 6 aliphatic heterocycles. The maximum absolute atomic E-state index is 13.9. The maximum atomic E-state index is 13.9. The summed E-state index contributed by atoms with van der Waals surface area (Å²) in [5.74, 6) is 0.815. The van der Waals surface area contributed by atoms with Crippen LogP contribution in [0.25, 0.3) is 16.9 Å². The first-order chi connectivity index (χ1) is 33.5. The van der Waals surface area contributed by atoms with Crippen LogP contribution in [0.3, 0.4) is 0 Å². The Kier molecular flexibility index (Phi) is 12.3. The number of imide groups is 1. The predicted octanol–water partition coefficient (Wildman–Crippen LogP) is 5.10. The Balaban J connectivity index is 0.647. The van der Waals surface area contributed by atoms with Crippen molar-refractivity contribution in [1.82, 2.24) is 44.6 Å². The number of pyridine rings is 2. The summed E-state index contributed by atoms with van der Waals surface area (Å²) < 4.78 is 15.8. The molecule has 4 amide bonds. The topological polar surface area (TPSA) is 154 Å². The Morgan fingerprint density at radius 1 is 0.797 bits per heavy atom. The van der Waals surface area contributed by atoms with Crippen molar-refractivity contribution < 1.29 is 23.6 Å². The number of hydrogen-bond donors (Lipinski definition) is 3. The van der Waals surface area contributed by atoms with E-state index in [1.807, 2.05) is 34.7 Å². The van der Waals surface area contributed by atoms with Crippen LogP contribution >= 0.6 is 0 Å². The molecule has 3 aromatic heterocycles. The quantitative estimate of drug-likeness (QED) is 0.143. The number of aromatic nitrogens is 3. The van der Waals surface area contributed by atoms with E-state index in [2.05, 4.69) is 71.7 Å². The minimum atomic E-state index is -0.595. The molecule has 9 heterocycles. The monoisotopic (exact) mass is 936 g/mol. The first kappa shape index (κ1) is 45.0. The predicted molar refractivity (Wildman–Crippen MR) is 262 cm³/mol. The Labute approximate surface area is 401 Å². The number of benzene rings is 2. The van der Waals surface area contributed by atoms with Crippen LogP contribution in [0, 0.1) is 17.7 Å². The van der Waals surface area contributed by atoms with Crippen LogP contribution < -0.4 is 25.8 Å². The molecule has 17 heteroatoms. The molecule has 360 valence electrons. The zero-order valence-electron chi connectivity index (χ0n) is 39.6. The number of amides is 4. The number of likely N-dealkylation sites (tertiary alicyclic amines) is 1. The Hall–Kier alpha value is -6.43. The maximum Gasteiger partial charge on any atom is 0.255 e. The van der Waals surface area contributed by atoms with Crippen molar-refractivity contribution in [3.8, 4) is 11.3 Å². The summed E-state index contributed by atoms with van der Waals surface area (Å²) in [5.41, 5.74) is 9.25. The highest BCUT2D eigenvalue weighted by atomic mass is 19.1. The van der Waals surface area contributed by atoms with E-state index < -0.39 is 6.04 Å². The standard InChI is InChI=1S/C52H61FN12O4/c1-59(2)32-42-43(7-9-46(57-42)56-41-6-5-39(40-27-55-51(68)49(40)41)45-28-54-47-26-36(53)15-20-64(45)47)63-18-13-34(14-19-63)29-60-16-11-33(12-17-60)30-61-21-23-62(24-22-61)37-3-4-38-35(25-37)31-65(52(38)69)44-8-10-48(66)58-50(44)67/h3-7,9,15,20,25-26,28,33-34,44H,8,10-14,16-19,21-24,27,29-32H2,1-2H3,(H,55,68)(H,56,57)(H,58,66,67). The summed E-state index contributed by atoms with van der Waals surface area (Å²) in [7, 11) is 4.13. The zero-order valence-corrected chi connectivity index (χ0v) is 39.6. The van der Waals surface area contributed by atoms with Gasteiger partial charge in [0.15, 0.2) is 0 Å². The van der Waals surface area contributed by atoms with E-state index in [-0.39, 0.29) is 35.9 Å². The largest absolute Gasteiger partial charge is 0.370 e. The average molecular weight is 937 g/mol. The molecular formula is C52H61FN12O4. The number of halogens is 1. The highest BCUT2D eigenvalue weighted by molar-refractivity contribution is 6.07. The second-order valence-electron chi connectivity index (χ2n) is 20.1. The van der Waals surface area contributed by atoms with Crippen LogP contribution in [-0.2, 0) is 29.2 Å². The first-order valence-corrected chi connectivity index (χ1v) is 24.7. The minimum absolute atomic E-state index is 0.127. The summed E-state index contributed by atoms with van der Waals surface area (Å²) in [6.07, 6.45) is 8.80. The summed E-state index contributed by atoms with van der Waals surface area (Å²) >= 11 is 0. The SMILES string of the molecule is CN(C)Cc1nc(Nc2ccc(-c3cnc4cc(F)ccn34)c3c2C(=O)NC3)ccc1N1CCC(CN2CCC(CN3CCN(c4ccc5c(c4)CN(C4CCC(=O)NC4=O)C5=O)CC3)CC2)CC1. The number of imidazole rings is 1. The Bertz CT molecular complexity index is 2810. The van der Waals surface area contributed by atoms with E-state index in [0.29, 0.717) is 66.2 Å². The van der Waals surface area contributed by atoms with Crippen molar-refractivity contribution in [1.29, 1.82) is 0 Å². The average Bonchev–Trinajstić information content (AvgIpc) is 4.04. The lowest BCUT2D eigenvalue weighted by atomic mass is 9.92. The van der Waals surface area contributed by atoms with E-state index in [1.54, 1.807) is 17.3 Å². The molecule has 1 unspecified atom stereocenters. The molecule has 4 fully saturated rings. The molecule has 2 aromatic carbocycles. The molecule has 6 aliphatic rings. The minimum Gasteiger partial charge on any atom is -0.370 e. The van der Waals surface area contributed by atoms with Crippen LogP contribution in [0.15, 0.2) is 67.0 Å².